The number of hydrogen-bond acceptors (Lipinski definition) is 35. The number of ether oxygens (including phenoxy) is 5. The van der Waals surface area contributed by atoms with Crippen LogP contribution in [0.15, 0.2) is 70.9 Å². The third-order valence-corrected chi connectivity index (χ3v) is 26.8. The number of nitrogen functional groups attached to an aromatic ring is 3. The first kappa shape index (κ1) is 83.5. The van der Waals surface area contributed by atoms with Gasteiger partial charge < -0.3 is 49.9 Å². The van der Waals surface area contributed by atoms with Crippen LogP contribution < -0.4 is 56.5 Å². The second kappa shape index (κ2) is 33.5. The summed E-state index contributed by atoms with van der Waals surface area (Å²) in [4.78, 5) is 120. The van der Waals surface area contributed by atoms with E-state index in [2.05, 4.69) is 106 Å². The Hall–Kier alpha value is -4.94. The highest BCUT2D eigenvalue weighted by molar-refractivity contribution is 8.60. The fourth-order valence-electron chi connectivity index (χ4n) is 12.8. The van der Waals surface area contributed by atoms with E-state index >= 15 is 0 Å². The minimum Gasteiger partial charge on any atom is -0.383 e. The molecule has 0 radical (unpaired) electrons. The fourth-order valence-corrected chi connectivity index (χ4v) is 21.1. The molecule has 0 bridgehead atoms. The standard InChI is InChI=1S/C55H76N17O26P5S6/c1-23(2)27-9-38(68-8-7-37(56)61-53(68)77)89-32(27)16-84-100(81,105)95-28-10-39(69-14-25(5)47(73)66-54(69)78)90-33(28)18-86-101(82,106)97-30-12-42(72-22-60-44-46(72)63-52(58)65-50(44)76)93-36(30)20-88-103(108,109)98-31-13-40(70-15-26(6)48(74)67-55(70)79)91-35(31)19-87-102(83,107)96-29-11-41(92-34(29)17-85-99(80,104)94-24(3)4)71-21-59-43-45(71)62-51(57)64-49(43)75/h7-8,14-15,21-24,27-36,38-42H,9-13,16-20H2,1-6H3,(H,80,104)(H,81,105)(H,82,106)(H,83,107)(H,108,109)(H2,56,61,77)(H,66,73,78)(H,67,74,79)(H3,57,62,64,75)(H3,58,63,65,76)/t27?,28?,29?,30?,31?,32-,33-,34-,35-,36-,38-,39-,40-,41-,42-,99?,100?,101?,102?/m1/s1. The van der Waals surface area contributed by atoms with Gasteiger partial charge in [0.05, 0.1) is 64.0 Å². The van der Waals surface area contributed by atoms with Gasteiger partial charge >= 0.3 is 44.3 Å². The number of aromatic amines is 4. The number of aromatic nitrogens is 14. The number of nitrogens with two attached hydrogens (primary N) is 3. The molecular weight excluding hydrogens is 1660 g/mol. The van der Waals surface area contributed by atoms with Crippen molar-refractivity contribution < 1.29 is 87.2 Å². The van der Waals surface area contributed by atoms with Crippen molar-refractivity contribution in [2.45, 2.75) is 166 Å². The first-order valence-corrected chi connectivity index (χ1v) is 47.7. The normalized spacial score (nSPS) is 28.8. The highest BCUT2D eigenvalue weighted by Crippen LogP contribution is 2.62. The zero-order valence-electron chi connectivity index (χ0n) is 58.0. The van der Waals surface area contributed by atoms with E-state index in [-0.39, 0.29) is 95.3 Å². The maximum atomic E-state index is 14.8. The van der Waals surface area contributed by atoms with Crippen molar-refractivity contribution in [1.82, 2.24) is 67.7 Å². The number of thiol groups is 5. The summed E-state index contributed by atoms with van der Waals surface area (Å²) >= 11 is 27.6. The largest absolute Gasteiger partial charge is 0.386 e. The lowest BCUT2D eigenvalue weighted by molar-refractivity contribution is -0.0509. The molecule has 12 heterocycles. The number of hydrogen-bond donors (Lipinski definition) is 12. The van der Waals surface area contributed by atoms with Gasteiger partial charge in [-0.25, -0.2) is 42.6 Å². The Bertz CT molecular complexity index is 5280. The van der Waals surface area contributed by atoms with Crippen LogP contribution in [0.1, 0.15) is 102 Å². The molecule has 10 unspecified atom stereocenters. The summed E-state index contributed by atoms with van der Waals surface area (Å²) in [6.45, 7) is -10.8. The van der Waals surface area contributed by atoms with E-state index in [0.29, 0.717) is 6.42 Å². The van der Waals surface area contributed by atoms with Crippen LogP contribution in [0.4, 0.5) is 17.7 Å². The number of H-pyrrole nitrogens is 4. The summed E-state index contributed by atoms with van der Waals surface area (Å²) in [5, 5.41) is 0. The van der Waals surface area contributed by atoms with Crippen LogP contribution >= 0.6 is 94.1 Å². The van der Waals surface area contributed by atoms with Gasteiger partial charge in [-0.1, -0.05) is 75.1 Å². The number of nitrogens with one attached hydrogen (secondary N) is 4. The van der Waals surface area contributed by atoms with Gasteiger partial charge in [-0.2, -0.15) is 15.0 Å². The molecule has 7 aromatic rings. The molecule has 20 atom stereocenters. The number of fused-ring (bicyclic) bond motifs is 2. The average Bonchev–Trinajstić information content (AvgIpc) is 1.63. The Morgan fingerprint density at radius 2 is 0.862 bits per heavy atom. The first-order chi connectivity index (χ1) is 51.2. The van der Waals surface area contributed by atoms with Crippen LogP contribution in [0.5, 0.6) is 0 Å². The summed E-state index contributed by atoms with van der Waals surface area (Å²) in [7, 11) is 0. The number of imidazole rings is 2. The lowest BCUT2D eigenvalue weighted by Gasteiger charge is -2.28. The van der Waals surface area contributed by atoms with Crippen LogP contribution in [-0.2, 0) is 99.0 Å². The zero-order chi connectivity index (χ0) is 78.7. The van der Waals surface area contributed by atoms with E-state index in [1.165, 1.54) is 64.9 Å². The molecule has 598 valence electrons. The number of rotatable bonds is 31. The molecular formula is C55H76N17O26P5S6. The Labute approximate surface area is 646 Å². The van der Waals surface area contributed by atoms with E-state index in [1.54, 1.807) is 13.8 Å². The molecule has 0 amide bonds. The molecule has 5 aliphatic rings. The molecule has 0 saturated carbocycles. The van der Waals surface area contributed by atoms with Crippen LogP contribution in [0.25, 0.3) is 22.3 Å². The smallest absolute Gasteiger partial charge is 0.383 e. The molecule has 10 N–H and O–H groups in total. The van der Waals surface area contributed by atoms with Crippen LogP contribution in [-0.4, -0.2) is 162 Å². The van der Waals surface area contributed by atoms with Crippen molar-refractivity contribution in [1.29, 1.82) is 0 Å². The lowest BCUT2D eigenvalue weighted by Crippen LogP contribution is -2.33. The minimum atomic E-state index is -4.72. The van der Waals surface area contributed by atoms with Crippen molar-refractivity contribution >= 4 is 146 Å². The molecule has 0 aliphatic carbocycles. The van der Waals surface area contributed by atoms with E-state index in [4.69, 9.17) is 97.9 Å². The Balaban J connectivity index is 0.758. The molecule has 12 rings (SSSR count). The molecule has 5 saturated heterocycles. The van der Waals surface area contributed by atoms with Gasteiger partial charge in [-0.3, -0.25) is 98.1 Å². The molecule has 0 aromatic carbocycles. The van der Waals surface area contributed by atoms with Gasteiger partial charge in [0.25, 0.3) is 22.2 Å². The molecule has 7 aromatic heterocycles. The molecule has 5 aliphatic heterocycles. The summed E-state index contributed by atoms with van der Waals surface area (Å²) in [5.74, 6) is -0.759. The highest BCUT2D eigenvalue weighted by atomic mass is 32.9. The second-order valence-electron chi connectivity index (χ2n) is 26.3. The van der Waals surface area contributed by atoms with Crippen molar-refractivity contribution in [3.8, 4) is 0 Å². The number of anilines is 3. The number of nitrogens with zero attached hydrogens (tertiary/aromatic N) is 10. The maximum Gasteiger partial charge on any atom is 0.386 e. The molecule has 43 nitrogen and oxygen atoms in total. The minimum absolute atomic E-state index is 0.0125. The first-order valence-electron chi connectivity index (χ1n) is 33.2. The van der Waals surface area contributed by atoms with Crippen LogP contribution in [0.3, 0.4) is 0 Å². The summed E-state index contributed by atoms with van der Waals surface area (Å²) in [5.41, 5.74) is 8.42. The van der Waals surface area contributed by atoms with E-state index in [0.717, 1.165) is 9.13 Å². The Kier molecular flexibility index (Phi) is 25.6. The Morgan fingerprint density at radius 3 is 1.27 bits per heavy atom. The quantitative estimate of drug-likeness (QED) is 0.0200. The van der Waals surface area contributed by atoms with Gasteiger partial charge in [0.15, 0.2) is 22.3 Å². The monoisotopic (exact) mass is 1740 g/mol. The summed E-state index contributed by atoms with van der Waals surface area (Å²) < 4.78 is 154. The van der Waals surface area contributed by atoms with Gasteiger partial charge in [-0.15, -0.1) is 0 Å². The molecule has 54 heteroatoms. The van der Waals surface area contributed by atoms with E-state index in [9.17, 15) is 51.8 Å². The maximum absolute atomic E-state index is 14.8. The van der Waals surface area contributed by atoms with Crippen molar-refractivity contribution in [3.05, 3.63) is 121 Å². The van der Waals surface area contributed by atoms with Crippen molar-refractivity contribution in [3.63, 3.8) is 0 Å². The van der Waals surface area contributed by atoms with E-state index < -0.39 is 191 Å². The van der Waals surface area contributed by atoms with Crippen LogP contribution in [0, 0.1) is 25.7 Å². The SMILES string of the molecule is Cc1cn([C@H]2CC(OP(=O)(S)OC[C@H]3O[C@@H](n4ccc(N)nc4=O)CC3C(C)C)[C@@H](COP(=O)(S)OC3C[C@H](n4cnc5c(=O)[nH]c(N)nc54)O[C@@H]3COP(=S)(S)OC3C[C@H](n4cc(C)c(=O)[nH]c4=O)O[C@@H]3COP(=O)(S)OC3C[C@H](n4cnc5c(=O)[nH]c(N)nc54)O[C@@H]3COP(=O)(S)OC(C)C)O2)c(=O)[nH]c1=O. The predicted molar refractivity (Wildman–Crippen MR) is 406 cm³/mol. The van der Waals surface area contributed by atoms with Gasteiger partial charge in [0.1, 0.15) is 79.7 Å². The molecule has 0 spiro atoms. The third-order valence-electron chi connectivity index (χ3n) is 17.9. The average molecular weight is 1740 g/mol. The van der Waals surface area contributed by atoms with Crippen molar-refractivity contribution in [2.24, 2.45) is 11.8 Å². The highest BCUT2D eigenvalue weighted by Gasteiger charge is 2.50. The van der Waals surface area contributed by atoms with E-state index in [1.807, 2.05) is 13.8 Å². The van der Waals surface area contributed by atoms with Gasteiger partial charge in [0, 0.05) is 55.4 Å². The predicted octanol–water partition coefficient (Wildman–Crippen LogP) is 5.04. The van der Waals surface area contributed by atoms with Gasteiger partial charge in [-0.05, 0) is 63.8 Å². The van der Waals surface area contributed by atoms with Gasteiger partial charge in [0.2, 0.25) is 17.6 Å². The zero-order valence-corrected chi connectivity index (χ0v) is 67.8. The summed E-state index contributed by atoms with van der Waals surface area (Å²) in [6.07, 6.45) is -11.5. The molecule has 109 heavy (non-hydrogen) atoms. The molecule has 5 fully saturated rings. The topological polar surface area (TPSA) is 557 Å². The number of aryl methyl sites for hydroxylation is 2. The van der Waals surface area contributed by atoms with Crippen LogP contribution in [0.2, 0.25) is 0 Å². The lowest BCUT2D eigenvalue weighted by atomic mass is 9.89. The second-order valence-corrected chi connectivity index (χ2v) is 43.1. The summed E-state index contributed by atoms with van der Waals surface area (Å²) in [6, 6.07) is 1.44. The Morgan fingerprint density at radius 1 is 0.495 bits per heavy atom. The third kappa shape index (κ3) is 20.1. The van der Waals surface area contributed by atoms with Crippen molar-refractivity contribution in [2.75, 3.05) is 50.2 Å². The fraction of sp³-hybridized carbons (Fsp3) is 0.600.